The van der Waals surface area contributed by atoms with Gasteiger partial charge in [-0.25, -0.2) is 0 Å². The normalized spacial score (nSPS) is 20.4. The van der Waals surface area contributed by atoms with Crippen LogP contribution in [0.4, 0.5) is 0 Å². The van der Waals surface area contributed by atoms with E-state index in [4.69, 9.17) is 0 Å². The summed E-state index contributed by atoms with van der Waals surface area (Å²) in [7, 11) is 0. The van der Waals surface area contributed by atoms with Crippen molar-refractivity contribution < 1.29 is 0 Å². The Kier molecular flexibility index (Phi) is 11.0. The third kappa shape index (κ3) is 8.14. The standard InChI is InChI=1S/C33H58/c1-23(2)14-11-15-25(5)16-12-17-26(6)18-13-20-33(10)21-19-30-29(9)32(24(3)4)28(8)27(7)31(30)22-33/h23-26H,11-22H2,1-10H3/t25-,26-,33-/m1/s1. The average molecular weight is 455 g/mol. The van der Waals surface area contributed by atoms with Crippen molar-refractivity contribution >= 4 is 0 Å². The summed E-state index contributed by atoms with van der Waals surface area (Å²) in [6.45, 7) is 24.2. The molecular formula is C33H58. The van der Waals surface area contributed by atoms with E-state index in [0.29, 0.717) is 11.3 Å². The Morgan fingerprint density at radius 1 is 0.667 bits per heavy atom. The molecule has 0 N–H and O–H groups in total. The van der Waals surface area contributed by atoms with E-state index in [9.17, 15) is 0 Å². The van der Waals surface area contributed by atoms with E-state index >= 15 is 0 Å². The topological polar surface area (TPSA) is 0 Å². The smallest absolute Gasteiger partial charge is 0.0213 e. The first-order valence-electron chi connectivity index (χ1n) is 14.6. The number of rotatable bonds is 13. The van der Waals surface area contributed by atoms with E-state index in [1.54, 1.807) is 33.4 Å². The van der Waals surface area contributed by atoms with Crippen LogP contribution in [0.5, 0.6) is 0 Å². The summed E-state index contributed by atoms with van der Waals surface area (Å²) in [4.78, 5) is 0. The summed E-state index contributed by atoms with van der Waals surface area (Å²) in [5.41, 5.74) is 10.3. The highest BCUT2D eigenvalue weighted by Gasteiger charge is 2.32. The van der Waals surface area contributed by atoms with Crippen molar-refractivity contribution in [3.8, 4) is 0 Å². The maximum absolute atomic E-state index is 2.58. The Labute approximate surface area is 208 Å². The van der Waals surface area contributed by atoms with Gasteiger partial charge in [0.2, 0.25) is 0 Å². The summed E-state index contributed by atoms with van der Waals surface area (Å²) in [5.74, 6) is 3.31. The monoisotopic (exact) mass is 454 g/mol. The predicted octanol–water partition coefficient (Wildman–Crippen LogP) is 10.7. The Bertz CT molecular complexity index is 737. The lowest BCUT2D eigenvalue weighted by molar-refractivity contribution is 0.238. The predicted molar refractivity (Wildman–Crippen MR) is 150 cm³/mol. The molecule has 0 heterocycles. The second-order valence-corrected chi connectivity index (χ2v) is 13.2. The molecule has 0 unspecified atom stereocenters. The molecule has 2 rings (SSSR count). The maximum Gasteiger partial charge on any atom is -0.0213 e. The molecular weight excluding hydrogens is 396 g/mol. The molecule has 33 heavy (non-hydrogen) atoms. The fourth-order valence-corrected chi connectivity index (χ4v) is 6.78. The molecule has 0 bridgehead atoms. The molecule has 190 valence electrons. The molecule has 3 atom stereocenters. The van der Waals surface area contributed by atoms with E-state index in [1.165, 1.54) is 77.0 Å². The highest BCUT2D eigenvalue weighted by Crippen LogP contribution is 2.44. The van der Waals surface area contributed by atoms with Gasteiger partial charge in [0.05, 0.1) is 0 Å². The fourth-order valence-electron chi connectivity index (χ4n) is 6.78. The van der Waals surface area contributed by atoms with Gasteiger partial charge < -0.3 is 0 Å². The molecule has 1 aliphatic carbocycles. The zero-order chi connectivity index (χ0) is 24.8. The maximum atomic E-state index is 2.58. The highest BCUT2D eigenvalue weighted by molar-refractivity contribution is 5.53. The third-order valence-corrected chi connectivity index (χ3v) is 9.15. The first-order valence-corrected chi connectivity index (χ1v) is 14.6. The molecule has 1 aliphatic rings. The molecule has 0 spiro atoms. The van der Waals surface area contributed by atoms with Crippen LogP contribution in [0.3, 0.4) is 0 Å². The van der Waals surface area contributed by atoms with Crippen molar-refractivity contribution in [2.45, 2.75) is 152 Å². The summed E-state index contributed by atoms with van der Waals surface area (Å²) in [6.07, 6.45) is 16.8. The van der Waals surface area contributed by atoms with Crippen LogP contribution in [0, 0.1) is 43.9 Å². The van der Waals surface area contributed by atoms with Gasteiger partial charge in [-0.1, -0.05) is 99.8 Å². The van der Waals surface area contributed by atoms with Crippen molar-refractivity contribution in [1.82, 2.24) is 0 Å². The van der Waals surface area contributed by atoms with Crippen molar-refractivity contribution in [2.75, 3.05) is 0 Å². The van der Waals surface area contributed by atoms with Crippen molar-refractivity contribution in [2.24, 2.45) is 23.2 Å². The van der Waals surface area contributed by atoms with E-state index in [-0.39, 0.29) is 0 Å². The summed E-state index contributed by atoms with van der Waals surface area (Å²) < 4.78 is 0. The molecule has 0 saturated carbocycles. The van der Waals surface area contributed by atoms with Crippen LogP contribution in [0.2, 0.25) is 0 Å². The summed E-state index contributed by atoms with van der Waals surface area (Å²) >= 11 is 0. The number of benzene rings is 1. The van der Waals surface area contributed by atoms with Crippen molar-refractivity contribution in [1.29, 1.82) is 0 Å². The second-order valence-electron chi connectivity index (χ2n) is 13.2. The third-order valence-electron chi connectivity index (χ3n) is 9.15. The Balaban J connectivity index is 1.80. The first kappa shape index (κ1) is 28.5. The van der Waals surface area contributed by atoms with Crippen LogP contribution < -0.4 is 0 Å². The largest absolute Gasteiger partial charge is 0.0628 e. The van der Waals surface area contributed by atoms with Gasteiger partial charge >= 0.3 is 0 Å². The lowest BCUT2D eigenvalue weighted by atomic mass is 9.67. The van der Waals surface area contributed by atoms with Crippen LogP contribution in [0.15, 0.2) is 0 Å². The molecule has 1 aromatic carbocycles. The Morgan fingerprint density at radius 2 is 1.21 bits per heavy atom. The van der Waals surface area contributed by atoms with Crippen LogP contribution in [0.1, 0.15) is 152 Å². The van der Waals surface area contributed by atoms with Gasteiger partial charge in [-0.05, 0) is 109 Å². The van der Waals surface area contributed by atoms with E-state index in [1.807, 2.05) is 0 Å². The van der Waals surface area contributed by atoms with E-state index in [0.717, 1.165) is 17.8 Å². The minimum absolute atomic E-state index is 0.501. The van der Waals surface area contributed by atoms with E-state index in [2.05, 4.69) is 69.2 Å². The molecule has 0 aromatic heterocycles. The average Bonchev–Trinajstić information content (AvgIpc) is 2.71. The molecule has 0 fully saturated rings. The van der Waals surface area contributed by atoms with Gasteiger partial charge in [-0.15, -0.1) is 0 Å². The molecule has 0 heteroatoms. The van der Waals surface area contributed by atoms with Gasteiger partial charge in [0, 0.05) is 0 Å². The number of hydrogen-bond acceptors (Lipinski definition) is 0. The van der Waals surface area contributed by atoms with Gasteiger partial charge in [-0.2, -0.15) is 0 Å². The van der Waals surface area contributed by atoms with Gasteiger partial charge in [0.25, 0.3) is 0 Å². The zero-order valence-corrected chi connectivity index (χ0v) is 24.3. The van der Waals surface area contributed by atoms with E-state index < -0.39 is 0 Å². The Hall–Kier alpha value is -0.780. The molecule has 0 radical (unpaired) electrons. The van der Waals surface area contributed by atoms with Crippen LogP contribution >= 0.6 is 0 Å². The number of fused-ring (bicyclic) bond motifs is 1. The second kappa shape index (κ2) is 12.8. The fraction of sp³-hybridized carbons (Fsp3) is 0.818. The highest BCUT2D eigenvalue weighted by atomic mass is 14.4. The summed E-state index contributed by atoms with van der Waals surface area (Å²) in [6, 6.07) is 0. The molecule has 0 aliphatic heterocycles. The van der Waals surface area contributed by atoms with Gasteiger partial charge in [0.1, 0.15) is 0 Å². The van der Waals surface area contributed by atoms with Crippen LogP contribution in [-0.4, -0.2) is 0 Å². The lowest BCUT2D eigenvalue weighted by Crippen LogP contribution is -2.28. The lowest BCUT2D eigenvalue weighted by Gasteiger charge is -2.38. The molecule has 0 nitrogen and oxygen atoms in total. The minimum Gasteiger partial charge on any atom is -0.0628 e. The van der Waals surface area contributed by atoms with Crippen LogP contribution in [-0.2, 0) is 12.8 Å². The zero-order valence-electron chi connectivity index (χ0n) is 24.3. The van der Waals surface area contributed by atoms with Crippen LogP contribution in [0.25, 0.3) is 0 Å². The Morgan fingerprint density at radius 3 is 1.76 bits per heavy atom. The van der Waals surface area contributed by atoms with Crippen molar-refractivity contribution in [3.05, 3.63) is 33.4 Å². The quantitative estimate of drug-likeness (QED) is 0.278. The minimum atomic E-state index is 0.501. The molecule has 0 saturated heterocycles. The SMILES string of the molecule is Cc1c(C)c(C(C)C)c(C)c2c1C[C@](C)(CCC[C@H](C)CCC[C@H](C)CCCC(C)C)CC2. The molecule has 1 aromatic rings. The van der Waals surface area contributed by atoms with Gasteiger partial charge in [-0.3, -0.25) is 0 Å². The summed E-state index contributed by atoms with van der Waals surface area (Å²) in [5, 5.41) is 0. The van der Waals surface area contributed by atoms with Crippen molar-refractivity contribution in [3.63, 3.8) is 0 Å². The first-order chi connectivity index (χ1) is 15.4. The number of hydrogen-bond donors (Lipinski definition) is 0. The van der Waals surface area contributed by atoms with Gasteiger partial charge in [0.15, 0.2) is 0 Å². The molecule has 0 amide bonds.